The Hall–Kier alpha value is -2.46. The summed E-state index contributed by atoms with van der Waals surface area (Å²) in [5.41, 5.74) is 4.71. The molecule has 1 aliphatic heterocycles. The van der Waals surface area contributed by atoms with Crippen LogP contribution in [0, 0.1) is 5.92 Å². The summed E-state index contributed by atoms with van der Waals surface area (Å²) in [7, 11) is 0. The second kappa shape index (κ2) is 9.42. The molecule has 180 valence electrons. The maximum atomic E-state index is 13.3. The summed E-state index contributed by atoms with van der Waals surface area (Å²) in [6, 6.07) is 3.76. The van der Waals surface area contributed by atoms with Crippen molar-refractivity contribution in [3.8, 4) is 0 Å². The predicted molar refractivity (Wildman–Crippen MR) is 118 cm³/mol. The number of likely N-dealkylation sites (tertiary alicyclic amines) is 1. The number of alkyl halides is 3. The van der Waals surface area contributed by atoms with Crippen LogP contribution in [-0.2, 0) is 11.0 Å². The number of carbonyl (C=O) groups excluding carboxylic acids is 1. The number of aromatic nitrogens is 2. The number of carbonyl (C=O) groups is 1. The first-order chi connectivity index (χ1) is 15.7. The first-order valence-corrected chi connectivity index (χ1v) is 11.5. The lowest BCUT2D eigenvalue weighted by molar-refractivity contribution is -0.137. The van der Waals surface area contributed by atoms with Gasteiger partial charge >= 0.3 is 6.18 Å². The molecule has 3 N–H and O–H groups in total. The van der Waals surface area contributed by atoms with Gasteiger partial charge < -0.3 is 15.7 Å². The van der Waals surface area contributed by atoms with Gasteiger partial charge in [-0.25, -0.2) is 0 Å². The first-order valence-electron chi connectivity index (χ1n) is 11.5. The van der Waals surface area contributed by atoms with Crippen molar-refractivity contribution < 1.29 is 23.1 Å². The van der Waals surface area contributed by atoms with Crippen molar-refractivity contribution in [2.45, 2.75) is 63.4 Å². The SMILES string of the molecule is CC[C@H](O)C1CCC(N2CC(N(CC(N)=O)c3nncc4ccc(C(F)(F)F)cc34)C2)CC1. The lowest BCUT2D eigenvalue weighted by Crippen LogP contribution is -2.64. The topological polar surface area (TPSA) is 95.6 Å². The molecule has 1 atom stereocenters. The van der Waals surface area contributed by atoms with Crippen molar-refractivity contribution in [1.29, 1.82) is 0 Å². The first kappa shape index (κ1) is 23.7. The number of anilines is 1. The maximum absolute atomic E-state index is 13.3. The van der Waals surface area contributed by atoms with E-state index in [1.165, 1.54) is 12.3 Å². The highest BCUT2D eigenvalue weighted by Gasteiger charge is 2.40. The highest BCUT2D eigenvalue weighted by atomic mass is 19.4. The van der Waals surface area contributed by atoms with Crippen molar-refractivity contribution in [2.75, 3.05) is 24.5 Å². The molecule has 0 bridgehead atoms. The van der Waals surface area contributed by atoms with Crippen molar-refractivity contribution >= 4 is 22.5 Å². The quantitative estimate of drug-likeness (QED) is 0.653. The Bertz CT molecular complexity index is 988. The van der Waals surface area contributed by atoms with Crippen LogP contribution in [-0.4, -0.2) is 63.9 Å². The monoisotopic (exact) mass is 465 g/mol. The lowest BCUT2D eigenvalue weighted by atomic mass is 9.80. The van der Waals surface area contributed by atoms with E-state index in [4.69, 9.17) is 5.73 Å². The Balaban J connectivity index is 1.51. The zero-order chi connectivity index (χ0) is 23.8. The third-order valence-electron chi connectivity index (χ3n) is 7.12. The number of amides is 1. The summed E-state index contributed by atoms with van der Waals surface area (Å²) in [6.07, 6.45) is 1.44. The van der Waals surface area contributed by atoms with Gasteiger partial charge in [0.15, 0.2) is 5.82 Å². The lowest BCUT2D eigenvalue weighted by Gasteiger charge is -2.50. The van der Waals surface area contributed by atoms with Crippen LogP contribution >= 0.6 is 0 Å². The van der Waals surface area contributed by atoms with E-state index in [1.807, 2.05) is 6.92 Å². The number of rotatable bonds is 7. The second-order valence-corrected chi connectivity index (χ2v) is 9.21. The minimum Gasteiger partial charge on any atom is -0.393 e. The number of aliphatic hydroxyl groups excluding tert-OH is 1. The summed E-state index contributed by atoms with van der Waals surface area (Å²) in [6.45, 7) is 3.21. The Labute approximate surface area is 190 Å². The Morgan fingerprint density at radius 1 is 1.27 bits per heavy atom. The molecule has 2 heterocycles. The predicted octanol–water partition coefficient (Wildman–Crippen LogP) is 2.95. The number of hydrogen-bond acceptors (Lipinski definition) is 6. The molecular weight excluding hydrogens is 435 g/mol. The fourth-order valence-electron chi connectivity index (χ4n) is 5.16. The summed E-state index contributed by atoms with van der Waals surface area (Å²) in [5.74, 6) is 0.0218. The van der Waals surface area contributed by atoms with Crippen LogP contribution in [0.2, 0.25) is 0 Å². The molecule has 1 aliphatic carbocycles. The van der Waals surface area contributed by atoms with Crippen molar-refractivity contribution in [1.82, 2.24) is 15.1 Å². The van der Waals surface area contributed by atoms with E-state index < -0.39 is 17.6 Å². The third kappa shape index (κ3) is 5.06. The molecule has 2 aliphatic rings. The van der Waals surface area contributed by atoms with Crippen LogP contribution < -0.4 is 10.6 Å². The standard InChI is InChI=1S/C23H30F3N5O2/c1-2-20(32)14-4-7-17(8-5-14)30-11-18(12-30)31(13-21(27)33)22-19-9-16(23(24,25)26)6-3-15(19)10-28-29-22/h3,6,9-10,14,17-18,20,32H,2,4-5,7-8,11-13H2,1H3,(H2,27,33)/t14?,17?,20-/m0/s1. The van der Waals surface area contributed by atoms with Crippen LogP contribution in [0.25, 0.3) is 10.8 Å². The number of primary amides is 1. The number of fused-ring (bicyclic) bond motifs is 1. The van der Waals surface area contributed by atoms with E-state index in [-0.39, 0.29) is 24.5 Å². The fraction of sp³-hybridized carbons (Fsp3) is 0.609. The van der Waals surface area contributed by atoms with Crippen LogP contribution in [0.3, 0.4) is 0 Å². The second-order valence-electron chi connectivity index (χ2n) is 9.21. The molecule has 0 spiro atoms. The van der Waals surface area contributed by atoms with Gasteiger partial charge in [-0.3, -0.25) is 9.69 Å². The minimum absolute atomic E-state index is 0.0918. The van der Waals surface area contributed by atoms with Crippen LogP contribution in [0.4, 0.5) is 19.0 Å². The molecule has 0 radical (unpaired) electrons. The van der Waals surface area contributed by atoms with E-state index in [0.29, 0.717) is 35.8 Å². The average molecular weight is 466 g/mol. The molecule has 0 unspecified atom stereocenters. The van der Waals surface area contributed by atoms with E-state index in [1.54, 1.807) is 4.90 Å². The molecule has 1 aromatic carbocycles. The molecule has 7 nitrogen and oxygen atoms in total. The Morgan fingerprint density at radius 3 is 2.58 bits per heavy atom. The molecule has 2 aromatic rings. The molecule has 1 amide bonds. The van der Waals surface area contributed by atoms with Gasteiger partial charge in [-0.15, -0.1) is 5.10 Å². The van der Waals surface area contributed by atoms with Crippen LogP contribution in [0.15, 0.2) is 24.4 Å². The zero-order valence-corrected chi connectivity index (χ0v) is 18.6. The average Bonchev–Trinajstić information content (AvgIpc) is 2.75. The van der Waals surface area contributed by atoms with Gasteiger partial charge in [0.1, 0.15) is 0 Å². The van der Waals surface area contributed by atoms with Gasteiger partial charge in [-0.05, 0) is 50.2 Å². The number of hydrogen-bond donors (Lipinski definition) is 2. The molecule has 1 aromatic heterocycles. The molecule has 1 saturated heterocycles. The van der Waals surface area contributed by atoms with Crippen LogP contribution in [0.5, 0.6) is 0 Å². The largest absolute Gasteiger partial charge is 0.416 e. The molecule has 4 rings (SSSR count). The van der Waals surface area contributed by atoms with Crippen molar-refractivity contribution in [3.63, 3.8) is 0 Å². The van der Waals surface area contributed by atoms with Crippen molar-refractivity contribution in [2.24, 2.45) is 11.7 Å². The number of halogens is 3. The summed E-state index contributed by atoms with van der Waals surface area (Å²) in [5, 5.41) is 19.0. The number of aliphatic hydroxyl groups is 1. The van der Waals surface area contributed by atoms with Crippen molar-refractivity contribution in [3.05, 3.63) is 30.0 Å². The van der Waals surface area contributed by atoms with Gasteiger partial charge in [-0.1, -0.05) is 13.0 Å². The minimum atomic E-state index is -4.49. The molecule has 10 heteroatoms. The van der Waals surface area contributed by atoms with Gasteiger partial charge in [0, 0.05) is 29.9 Å². The molecule has 2 fully saturated rings. The highest BCUT2D eigenvalue weighted by molar-refractivity contribution is 5.93. The number of nitrogens with zero attached hydrogens (tertiary/aromatic N) is 4. The normalized spacial score (nSPS) is 23.3. The molecular formula is C23H30F3N5O2. The maximum Gasteiger partial charge on any atom is 0.416 e. The van der Waals surface area contributed by atoms with Crippen LogP contribution in [0.1, 0.15) is 44.6 Å². The molecule has 33 heavy (non-hydrogen) atoms. The highest BCUT2D eigenvalue weighted by Crippen LogP contribution is 2.37. The van der Waals surface area contributed by atoms with Gasteiger partial charge in [0.05, 0.1) is 30.5 Å². The van der Waals surface area contributed by atoms with Gasteiger partial charge in [0.25, 0.3) is 0 Å². The smallest absolute Gasteiger partial charge is 0.393 e. The van der Waals surface area contributed by atoms with E-state index in [0.717, 1.165) is 44.2 Å². The Kier molecular flexibility index (Phi) is 6.76. The molecule has 1 saturated carbocycles. The zero-order valence-electron chi connectivity index (χ0n) is 18.6. The van der Waals surface area contributed by atoms with E-state index >= 15 is 0 Å². The number of benzene rings is 1. The summed E-state index contributed by atoms with van der Waals surface area (Å²) in [4.78, 5) is 15.9. The van der Waals surface area contributed by atoms with Gasteiger partial charge in [0.2, 0.25) is 5.91 Å². The fourth-order valence-corrected chi connectivity index (χ4v) is 5.16. The summed E-state index contributed by atoms with van der Waals surface area (Å²) < 4.78 is 39.9. The summed E-state index contributed by atoms with van der Waals surface area (Å²) >= 11 is 0. The third-order valence-corrected chi connectivity index (χ3v) is 7.12. The van der Waals surface area contributed by atoms with E-state index in [9.17, 15) is 23.1 Å². The number of nitrogens with two attached hydrogens (primary N) is 1. The Morgan fingerprint density at radius 2 is 1.97 bits per heavy atom. The van der Waals surface area contributed by atoms with Gasteiger partial charge in [-0.2, -0.15) is 18.3 Å². The van der Waals surface area contributed by atoms with E-state index in [2.05, 4.69) is 15.1 Å².